The quantitative estimate of drug-likeness (QED) is 0.256. The molecule has 0 aromatic heterocycles. The van der Waals surface area contributed by atoms with Gasteiger partial charge in [-0.3, -0.25) is 0 Å². The van der Waals surface area contributed by atoms with Gasteiger partial charge in [-0.25, -0.2) is 0 Å². The van der Waals surface area contributed by atoms with Crippen molar-refractivity contribution in [3.05, 3.63) is 35.9 Å². The van der Waals surface area contributed by atoms with Crippen LogP contribution in [-0.2, 0) is 4.74 Å². The van der Waals surface area contributed by atoms with Crippen molar-refractivity contribution in [3.8, 4) is 0 Å². The predicted molar refractivity (Wildman–Crippen MR) is 42.4 cm³/mol. The molecule has 0 amide bonds. The van der Waals surface area contributed by atoms with Crippen molar-refractivity contribution < 1.29 is 33.5 Å². The average Bonchev–Trinajstić information content (AvgIpc) is 2.05. The van der Waals surface area contributed by atoms with Crippen LogP contribution in [0.25, 0.3) is 0 Å². The van der Waals surface area contributed by atoms with E-state index in [1.165, 1.54) is 7.11 Å². The van der Waals surface area contributed by atoms with Crippen LogP contribution in [0.3, 0.4) is 0 Å². The van der Waals surface area contributed by atoms with Crippen LogP contribution in [0.1, 0.15) is 10.4 Å². The van der Waals surface area contributed by atoms with Crippen molar-refractivity contribution in [2.75, 3.05) is 7.11 Å². The van der Waals surface area contributed by atoms with Crippen LogP contribution in [-0.4, -0.2) is 36.1 Å². The molecule has 1 aromatic rings. The molecule has 0 saturated heterocycles. The summed E-state index contributed by atoms with van der Waals surface area (Å²) < 4.78 is 4.47. The Morgan fingerprint density at radius 1 is 1.50 bits per heavy atom. The molecule has 2 nitrogen and oxygen atoms in total. The average molecular weight is 286 g/mol. The van der Waals surface area contributed by atoms with Gasteiger partial charge in [0, 0.05) is 0 Å². The smallest absolute Gasteiger partial charge is 1.00 e. The first-order valence-electron chi connectivity index (χ1n) is 2.89. The molecule has 1 rings (SSSR count). The van der Waals surface area contributed by atoms with Gasteiger partial charge < -0.3 is 33.5 Å². The van der Waals surface area contributed by atoms with Gasteiger partial charge in [-0.1, -0.05) is 5.56 Å². The second-order valence-electron chi connectivity index (χ2n) is 1.77. The molecule has 0 N–H and O–H groups in total. The maximum Gasteiger partial charge on any atom is 2.00 e. The van der Waals surface area contributed by atoms with Gasteiger partial charge in [0.2, 0.25) is 5.97 Å². The van der Waals surface area contributed by atoms with Crippen molar-refractivity contribution in [2.45, 2.75) is 0 Å². The van der Waals surface area contributed by atoms with Gasteiger partial charge in [0.25, 0.3) is 0 Å². The standard InChI is InChI=1S/C8H7O2.HI.Mg/c1-10-8(9)7-5-3-2-4-6-7;;/h2-5H,1H3;1H;/q-1;;+2/p-1. The van der Waals surface area contributed by atoms with E-state index in [2.05, 4.69) is 10.8 Å². The molecule has 60 valence electrons. The van der Waals surface area contributed by atoms with Gasteiger partial charge in [-0.15, -0.1) is 30.3 Å². The molecule has 0 aliphatic heterocycles. The van der Waals surface area contributed by atoms with Crippen molar-refractivity contribution in [1.29, 1.82) is 0 Å². The van der Waals surface area contributed by atoms with Crippen LogP contribution in [0.4, 0.5) is 0 Å². The number of halogens is 1. The van der Waals surface area contributed by atoms with E-state index in [0.717, 1.165) is 0 Å². The number of carbonyl (C=O) groups is 1. The summed E-state index contributed by atoms with van der Waals surface area (Å²) in [5.74, 6) is -0.347. The van der Waals surface area contributed by atoms with E-state index in [1.807, 2.05) is 0 Å². The molecule has 1 aromatic carbocycles. The fraction of sp³-hybridized carbons (Fsp3) is 0.125. The Morgan fingerprint density at radius 2 is 2.17 bits per heavy atom. The van der Waals surface area contributed by atoms with Gasteiger partial charge in [-0.05, 0) is 0 Å². The summed E-state index contributed by atoms with van der Waals surface area (Å²) in [5.41, 5.74) is 0.463. The molecule has 0 unspecified atom stereocenters. The molecule has 0 spiro atoms. The monoisotopic (exact) mass is 286 g/mol. The largest absolute Gasteiger partial charge is 2.00 e. The first-order chi connectivity index (χ1) is 4.84. The number of carbonyl (C=O) groups excluding carboxylic acids is 1. The number of esters is 1. The van der Waals surface area contributed by atoms with Crippen LogP contribution < -0.4 is 24.0 Å². The van der Waals surface area contributed by atoms with E-state index in [-0.39, 0.29) is 53.0 Å². The summed E-state index contributed by atoms with van der Waals surface area (Å²) in [6, 6.07) is 9.64. The minimum atomic E-state index is -0.347. The molecule has 0 bridgehead atoms. The Hall–Kier alpha value is 0.186. The fourth-order valence-electron chi connectivity index (χ4n) is 0.630. The molecule has 0 aliphatic rings. The molecule has 0 fully saturated rings. The molecule has 4 heteroatoms. The Bertz CT molecular complexity index is 226. The third kappa shape index (κ3) is 4.27. The van der Waals surface area contributed by atoms with Gasteiger partial charge in [0.05, 0.1) is 7.11 Å². The molecule has 0 atom stereocenters. The summed E-state index contributed by atoms with van der Waals surface area (Å²) in [6.07, 6.45) is 0. The van der Waals surface area contributed by atoms with Crippen LogP contribution in [0, 0.1) is 6.07 Å². The van der Waals surface area contributed by atoms with E-state index in [9.17, 15) is 4.79 Å². The van der Waals surface area contributed by atoms with Crippen molar-refractivity contribution >= 4 is 29.0 Å². The summed E-state index contributed by atoms with van der Waals surface area (Å²) in [5, 5.41) is 0. The molecular formula is C8H7IMgO2. The molecule has 0 aliphatic carbocycles. The zero-order valence-corrected chi connectivity index (χ0v) is 10.3. The van der Waals surface area contributed by atoms with Gasteiger partial charge >= 0.3 is 23.1 Å². The summed E-state index contributed by atoms with van der Waals surface area (Å²) in [6.45, 7) is 0. The van der Waals surface area contributed by atoms with Gasteiger partial charge in [0.1, 0.15) is 0 Å². The van der Waals surface area contributed by atoms with Crippen molar-refractivity contribution in [1.82, 2.24) is 0 Å². The van der Waals surface area contributed by atoms with E-state index in [4.69, 9.17) is 0 Å². The number of rotatable bonds is 1. The van der Waals surface area contributed by atoms with Gasteiger partial charge in [0.15, 0.2) is 0 Å². The molecular weight excluding hydrogens is 279 g/mol. The Labute approximate surface area is 105 Å². The van der Waals surface area contributed by atoms with E-state index in [0.29, 0.717) is 5.56 Å². The second kappa shape index (κ2) is 7.82. The number of hydrogen-bond donors (Lipinski definition) is 0. The van der Waals surface area contributed by atoms with Gasteiger partial charge in [-0.2, -0.15) is 0 Å². The molecule has 0 heterocycles. The first kappa shape index (κ1) is 14.7. The first-order valence-corrected chi connectivity index (χ1v) is 2.89. The van der Waals surface area contributed by atoms with E-state index in [1.54, 1.807) is 24.3 Å². The summed E-state index contributed by atoms with van der Waals surface area (Å²) in [4.78, 5) is 10.8. The molecule has 0 saturated carbocycles. The van der Waals surface area contributed by atoms with E-state index >= 15 is 0 Å². The maximum atomic E-state index is 10.8. The Kier molecular flexibility index (Phi) is 9.57. The molecule has 0 radical (unpaired) electrons. The van der Waals surface area contributed by atoms with Crippen molar-refractivity contribution in [3.63, 3.8) is 0 Å². The summed E-state index contributed by atoms with van der Waals surface area (Å²) >= 11 is 0. The number of ether oxygens (including phenoxy) is 1. The normalized spacial score (nSPS) is 7.42. The van der Waals surface area contributed by atoms with Crippen LogP contribution in [0.5, 0.6) is 0 Å². The van der Waals surface area contributed by atoms with E-state index < -0.39 is 0 Å². The van der Waals surface area contributed by atoms with Crippen LogP contribution in [0.2, 0.25) is 0 Å². The maximum absolute atomic E-state index is 10.8. The molecule has 12 heavy (non-hydrogen) atoms. The predicted octanol–water partition coefficient (Wildman–Crippen LogP) is -2.10. The SMILES string of the molecule is COC(=O)c1[c-]cccc1.[I-].[Mg+2]. The summed E-state index contributed by atoms with van der Waals surface area (Å²) in [7, 11) is 1.35. The number of benzene rings is 1. The zero-order chi connectivity index (χ0) is 7.40. The third-order valence-electron chi connectivity index (χ3n) is 1.11. The Morgan fingerprint density at radius 3 is 2.58 bits per heavy atom. The number of hydrogen-bond acceptors (Lipinski definition) is 2. The third-order valence-corrected chi connectivity index (χ3v) is 1.11. The Balaban J connectivity index is 0. The minimum Gasteiger partial charge on any atom is -1.00 e. The van der Waals surface area contributed by atoms with Crippen molar-refractivity contribution in [2.24, 2.45) is 0 Å². The minimum absolute atomic E-state index is 0. The second-order valence-corrected chi connectivity index (χ2v) is 1.77. The number of methoxy groups -OCH3 is 1. The van der Waals surface area contributed by atoms with Crippen LogP contribution >= 0.6 is 0 Å². The topological polar surface area (TPSA) is 26.3 Å². The fourth-order valence-corrected chi connectivity index (χ4v) is 0.630. The zero-order valence-electron chi connectivity index (χ0n) is 6.71. The van der Waals surface area contributed by atoms with Crippen LogP contribution in [0.15, 0.2) is 24.3 Å².